The molecule has 6 heteroatoms. The van der Waals surface area contributed by atoms with Gasteiger partial charge in [0.2, 0.25) is 12.1 Å². The van der Waals surface area contributed by atoms with Crippen LogP contribution in [-0.4, -0.2) is 30.7 Å². The number of amides is 2. The Morgan fingerprint density at radius 3 is 2.45 bits per heavy atom. The third-order valence-corrected chi connectivity index (χ3v) is 5.64. The zero-order chi connectivity index (χ0) is 21.8. The Morgan fingerprint density at radius 2 is 1.68 bits per heavy atom. The van der Waals surface area contributed by atoms with Crippen molar-refractivity contribution >= 4 is 34.8 Å². The summed E-state index contributed by atoms with van der Waals surface area (Å²) in [6.07, 6.45) is -0.315. The molecule has 5 nitrogen and oxygen atoms in total. The average molecular weight is 432 g/mol. The van der Waals surface area contributed by atoms with Gasteiger partial charge in [0.1, 0.15) is 0 Å². The molecule has 156 valence electrons. The summed E-state index contributed by atoms with van der Waals surface area (Å²) in [4.78, 5) is 32.1. The molecule has 1 aliphatic heterocycles. The van der Waals surface area contributed by atoms with Crippen LogP contribution in [0.1, 0.15) is 23.1 Å². The van der Waals surface area contributed by atoms with Gasteiger partial charge < -0.3 is 10.2 Å². The minimum absolute atomic E-state index is 0.209. The average Bonchev–Trinajstić information content (AvgIpc) is 2.90. The summed E-state index contributed by atoms with van der Waals surface area (Å²) in [5.74, 6) is -0.543. The van der Waals surface area contributed by atoms with Crippen molar-refractivity contribution in [1.82, 2.24) is 5.32 Å². The Morgan fingerprint density at radius 1 is 1.00 bits per heavy atom. The molecule has 0 bridgehead atoms. The van der Waals surface area contributed by atoms with E-state index in [1.54, 1.807) is 18.0 Å². The smallest absolute Gasteiger partial charge is 0.272 e. The van der Waals surface area contributed by atoms with Crippen molar-refractivity contribution in [3.8, 4) is 0 Å². The van der Waals surface area contributed by atoms with Crippen molar-refractivity contribution in [3.05, 3.63) is 101 Å². The van der Waals surface area contributed by atoms with E-state index in [9.17, 15) is 9.59 Å². The fourth-order valence-electron chi connectivity index (χ4n) is 3.62. The standard InChI is InChI=1S/C25H22ClN3O2/c1-29-21-14-8-6-12-19(21)23(18-10-3-2-4-11-18)28-24(25(29)31)27-22(30)16-15-17-9-5-7-13-20(17)26/h2-14,24H,15-16H2,1H3,(H,27,30)/t24-/m1/s1. The number of benzene rings is 3. The van der Waals surface area contributed by atoms with E-state index in [4.69, 9.17) is 16.6 Å². The number of carbonyl (C=O) groups is 2. The molecule has 0 aromatic heterocycles. The maximum absolute atomic E-state index is 13.1. The number of rotatable bonds is 5. The van der Waals surface area contributed by atoms with Crippen molar-refractivity contribution in [2.75, 3.05) is 11.9 Å². The Labute approximate surface area is 186 Å². The first-order valence-corrected chi connectivity index (χ1v) is 10.5. The van der Waals surface area contributed by atoms with E-state index in [1.807, 2.05) is 72.8 Å². The van der Waals surface area contributed by atoms with Crippen molar-refractivity contribution in [2.24, 2.45) is 4.99 Å². The van der Waals surface area contributed by atoms with Gasteiger partial charge in [-0.3, -0.25) is 9.59 Å². The lowest BCUT2D eigenvalue weighted by Crippen LogP contribution is -2.46. The lowest BCUT2D eigenvalue weighted by atomic mass is 10.0. The lowest BCUT2D eigenvalue weighted by Gasteiger charge is -2.20. The maximum atomic E-state index is 13.1. The van der Waals surface area contributed by atoms with Gasteiger partial charge >= 0.3 is 0 Å². The number of halogens is 1. The molecule has 0 saturated heterocycles. The molecule has 1 heterocycles. The fourth-order valence-corrected chi connectivity index (χ4v) is 3.85. The molecule has 4 rings (SSSR count). The first-order valence-electron chi connectivity index (χ1n) is 10.1. The second-order valence-corrected chi connectivity index (χ2v) is 7.73. The Hall–Kier alpha value is -3.44. The summed E-state index contributed by atoms with van der Waals surface area (Å²) in [7, 11) is 1.70. The predicted molar refractivity (Wildman–Crippen MR) is 124 cm³/mol. The summed E-state index contributed by atoms with van der Waals surface area (Å²) in [5, 5.41) is 3.43. The molecule has 0 unspecified atom stereocenters. The van der Waals surface area contributed by atoms with E-state index < -0.39 is 6.17 Å². The summed E-state index contributed by atoms with van der Waals surface area (Å²) >= 11 is 6.19. The van der Waals surface area contributed by atoms with E-state index in [0.29, 0.717) is 17.2 Å². The molecule has 1 atom stereocenters. The van der Waals surface area contributed by atoms with Gasteiger partial charge in [-0.15, -0.1) is 0 Å². The SMILES string of the molecule is CN1C(=O)[C@H](NC(=O)CCc2ccccc2Cl)N=C(c2ccccc2)c2ccccc21. The molecule has 3 aromatic rings. The molecule has 1 N–H and O–H groups in total. The third-order valence-electron chi connectivity index (χ3n) is 5.27. The molecule has 0 spiro atoms. The molecule has 0 radical (unpaired) electrons. The molecule has 3 aromatic carbocycles. The number of likely N-dealkylation sites (N-methyl/N-ethyl adjacent to an activating group) is 1. The highest BCUT2D eigenvalue weighted by Crippen LogP contribution is 2.27. The molecular weight excluding hydrogens is 410 g/mol. The molecule has 31 heavy (non-hydrogen) atoms. The number of nitrogens with zero attached hydrogens (tertiary/aromatic N) is 2. The van der Waals surface area contributed by atoms with Gasteiger partial charge in [-0.2, -0.15) is 0 Å². The van der Waals surface area contributed by atoms with Gasteiger partial charge in [-0.25, -0.2) is 4.99 Å². The normalized spacial score (nSPS) is 15.7. The Balaban J connectivity index is 1.62. The van der Waals surface area contributed by atoms with Gasteiger partial charge in [0.05, 0.1) is 11.4 Å². The monoisotopic (exact) mass is 431 g/mol. The number of fused-ring (bicyclic) bond motifs is 1. The molecule has 0 fully saturated rings. The van der Waals surface area contributed by atoms with E-state index in [-0.39, 0.29) is 18.2 Å². The van der Waals surface area contributed by atoms with E-state index >= 15 is 0 Å². The highest BCUT2D eigenvalue weighted by molar-refractivity contribution is 6.31. The van der Waals surface area contributed by atoms with Gasteiger partial charge in [-0.1, -0.05) is 78.3 Å². The second-order valence-electron chi connectivity index (χ2n) is 7.32. The fraction of sp³-hybridized carbons (Fsp3) is 0.160. The molecule has 0 saturated carbocycles. The van der Waals surface area contributed by atoms with Crippen LogP contribution in [0.3, 0.4) is 0 Å². The summed E-state index contributed by atoms with van der Waals surface area (Å²) in [6.45, 7) is 0. The van der Waals surface area contributed by atoms with Crippen molar-refractivity contribution in [1.29, 1.82) is 0 Å². The van der Waals surface area contributed by atoms with Gasteiger partial charge in [-0.05, 0) is 24.1 Å². The van der Waals surface area contributed by atoms with Gasteiger partial charge in [0.25, 0.3) is 5.91 Å². The number of aliphatic imine (C=N–C) groups is 1. The van der Waals surface area contributed by atoms with Crippen LogP contribution < -0.4 is 10.2 Å². The van der Waals surface area contributed by atoms with Crippen LogP contribution in [0.5, 0.6) is 0 Å². The largest absolute Gasteiger partial charge is 0.327 e. The number of carbonyl (C=O) groups excluding carboxylic acids is 2. The number of para-hydroxylation sites is 1. The Bertz CT molecular complexity index is 1140. The van der Waals surface area contributed by atoms with E-state index in [1.165, 1.54) is 0 Å². The number of nitrogens with one attached hydrogen (secondary N) is 1. The van der Waals surface area contributed by atoms with Crippen LogP contribution in [-0.2, 0) is 16.0 Å². The number of anilines is 1. The third kappa shape index (κ3) is 4.52. The van der Waals surface area contributed by atoms with Crippen LogP contribution >= 0.6 is 11.6 Å². The number of hydrogen-bond donors (Lipinski definition) is 1. The first kappa shape index (κ1) is 20.8. The summed E-state index contributed by atoms with van der Waals surface area (Å²) in [5.41, 5.74) is 4.04. The highest BCUT2D eigenvalue weighted by Gasteiger charge is 2.30. The van der Waals surface area contributed by atoms with E-state index in [0.717, 1.165) is 22.4 Å². The minimum atomic E-state index is -1.01. The number of aryl methyl sites for hydroxylation is 1. The van der Waals surface area contributed by atoms with Crippen LogP contribution in [0, 0.1) is 0 Å². The highest BCUT2D eigenvalue weighted by atomic mass is 35.5. The first-order chi connectivity index (χ1) is 15.0. The van der Waals surface area contributed by atoms with Crippen LogP contribution in [0.4, 0.5) is 5.69 Å². The topological polar surface area (TPSA) is 61.8 Å². The zero-order valence-electron chi connectivity index (χ0n) is 17.1. The Kier molecular flexibility index (Phi) is 6.14. The molecular formula is C25H22ClN3O2. The molecule has 2 amide bonds. The van der Waals surface area contributed by atoms with Crippen molar-refractivity contribution in [2.45, 2.75) is 19.0 Å². The second kappa shape index (κ2) is 9.14. The number of hydrogen-bond acceptors (Lipinski definition) is 3. The minimum Gasteiger partial charge on any atom is -0.327 e. The molecule has 0 aliphatic carbocycles. The van der Waals surface area contributed by atoms with Crippen molar-refractivity contribution in [3.63, 3.8) is 0 Å². The van der Waals surface area contributed by atoms with E-state index in [2.05, 4.69) is 5.32 Å². The summed E-state index contributed by atoms with van der Waals surface area (Å²) < 4.78 is 0. The quantitative estimate of drug-likeness (QED) is 0.657. The zero-order valence-corrected chi connectivity index (χ0v) is 17.8. The lowest BCUT2D eigenvalue weighted by molar-refractivity contribution is -0.127. The van der Waals surface area contributed by atoms with Crippen molar-refractivity contribution < 1.29 is 9.59 Å². The number of benzodiazepines with no additional fused rings is 1. The maximum Gasteiger partial charge on any atom is 0.272 e. The van der Waals surface area contributed by atoms with Crippen LogP contribution in [0.25, 0.3) is 0 Å². The predicted octanol–water partition coefficient (Wildman–Crippen LogP) is 4.23. The molecule has 1 aliphatic rings. The van der Waals surface area contributed by atoms with Crippen LogP contribution in [0.15, 0.2) is 83.9 Å². The summed E-state index contributed by atoms with van der Waals surface area (Å²) in [6, 6.07) is 24.7. The van der Waals surface area contributed by atoms with Crippen LogP contribution in [0.2, 0.25) is 5.02 Å². The van der Waals surface area contributed by atoms with Gasteiger partial charge in [0.15, 0.2) is 0 Å². The van der Waals surface area contributed by atoms with Gasteiger partial charge in [0, 0.05) is 29.6 Å².